The van der Waals surface area contributed by atoms with E-state index in [-0.39, 0.29) is 11.9 Å². The summed E-state index contributed by atoms with van der Waals surface area (Å²) >= 11 is 3.33. The first kappa shape index (κ1) is 13.2. The minimum atomic E-state index is -0.234. The Morgan fingerprint density at radius 1 is 1.50 bits per heavy atom. The van der Waals surface area contributed by atoms with Crippen LogP contribution in [0.5, 0.6) is 0 Å². The van der Waals surface area contributed by atoms with E-state index in [0.29, 0.717) is 23.8 Å². The number of nitrogens with one attached hydrogen (secondary N) is 1. The molecule has 1 heterocycles. The second-order valence-electron chi connectivity index (χ2n) is 4.00. The Morgan fingerprint density at radius 2 is 2.28 bits per heavy atom. The second kappa shape index (κ2) is 5.58. The lowest BCUT2D eigenvalue weighted by Crippen LogP contribution is -2.19. The van der Waals surface area contributed by atoms with Gasteiger partial charge in [-0.1, -0.05) is 21.1 Å². The van der Waals surface area contributed by atoms with Gasteiger partial charge in [-0.05, 0) is 25.1 Å². The van der Waals surface area contributed by atoms with Gasteiger partial charge in [-0.2, -0.15) is 4.98 Å². The molecule has 96 valence electrons. The van der Waals surface area contributed by atoms with Crippen molar-refractivity contribution in [3.05, 3.63) is 45.8 Å². The van der Waals surface area contributed by atoms with Crippen LogP contribution in [0.3, 0.4) is 0 Å². The molecular formula is C12H13BrFN3O. The predicted octanol–water partition coefficient (Wildman–Crippen LogP) is 3.13. The van der Waals surface area contributed by atoms with Crippen molar-refractivity contribution in [3.8, 4) is 0 Å². The summed E-state index contributed by atoms with van der Waals surface area (Å²) in [5.74, 6) is 0.852. The van der Waals surface area contributed by atoms with E-state index >= 15 is 0 Å². The topological polar surface area (TPSA) is 51.0 Å². The molecule has 1 aromatic heterocycles. The molecule has 4 nitrogen and oxygen atoms in total. The molecule has 0 radical (unpaired) electrons. The van der Waals surface area contributed by atoms with Gasteiger partial charge in [0.25, 0.3) is 0 Å². The minimum absolute atomic E-state index is 0.138. The Balaban J connectivity index is 2.03. The van der Waals surface area contributed by atoms with Gasteiger partial charge in [-0.3, -0.25) is 0 Å². The van der Waals surface area contributed by atoms with Gasteiger partial charge in [0.1, 0.15) is 5.82 Å². The van der Waals surface area contributed by atoms with E-state index in [1.165, 1.54) is 6.07 Å². The predicted molar refractivity (Wildman–Crippen MR) is 68.4 cm³/mol. The highest BCUT2D eigenvalue weighted by Crippen LogP contribution is 2.21. The third-order valence-electron chi connectivity index (χ3n) is 2.56. The maximum absolute atomic E-state index is 13.6. The molecule has 0 saturated heterocycles. The van der Waals surface area contributed by atoms with Crippen molar-refractivity contribution in [1.29, 1.82) is 0 Å². The first-order valence-corrected chi connectivity index (χ1v) is 6.33. The van der Waals surface area contributed by atoms with Crippen LogP contribution in [0.25, 0.3) is 0 Å². The molecule has 18 heavy (non-hydrogen) atoms. The summed E-state index contributed by atoms with van der Waals surface area (Å²) < 4.78 is 19.4. The lowest BCUT2D eigenvalue weighted by atomic mass is 10.1. The zero-order valence-electron chi connectivity index (χ0n) is 10.1. The summed E-state index contributed by atoms with van der Waals surface area (Å²) in [5.41, 5.74) is 0.601. The molecule has 0 fully saturated rings. The van der Waals surface area contributed by atoms with E-state index in [2.05, 4.69) is 31.4 Å². The van der Waals surface area contributed by atoms with Crippen LogP contribution in [0, 0.1) is 12.7 Å². The third kappa shape index (κ3) is 3.14. The fraction of sp³-hybridized carbons (Fsp3) is 0.333. The van der Waals surface area contributed by atoms with Crippen molar-refractivity contribution < 1.29 is 8.91 Å². The van der Waals surface area contributed by atoms with E-state index in [0.717, 1.165) is 4.47 Å². The fourth-order valence-electron chi connectivity index (χ4n) is 1.61. The van der Waals surface area contributed by atoms with Crippen LogP contribution in [0.15, 0.2) is 27.2 Å². The molecule has 0 aliphatic heterocycles. The molecule has 6 heteroatoms. The summed E-state index contributed by atoms with van der Waals surface area (Å²) in [7, 11) is 0. The lowest BCUT2D eigenvalue weighted by Gasteiger charge is -2.14. The van der Waals surface area contributed by atoms with Gasteiger partial charge in [0.2, 0.25) is 5.89 Å². The lowest BCUT2D eigenvalue weighted by molar-refractivity contribution is 0.383. The van der Waals surface area contributed by atoms with Gasteiger partial charge < -0.3 is 9.84 Å². The molecule has 0 aliphatic carbocycles. The zero-order valence-corrected chi connectivity index (χ0v) is 11.7. The maximum atomic E-state index is 13.6. The van der Waals surface area contributed by atoms with E-state index in [1.807, 2.05) is 6.92 Å². The number of hydrogen-bond donors (Lipinski definition) is 1. The monoisotopic (exact) mass is 313 g/mol. The summed E-state index contributed by atoms with van der Waals surface area (Å²) in [4.78, 5) is 4.07. The highest BCUT2D eigenvalue weighted by molar-refractivity contribution is 9.10. The second-order valence-corrected chi connectivity index (χ2v) is 4.91. The number of benzene rings is 1. The molecule has 1 N–H and O–H groups in total. The quantitative estimate of drug-likeness (QED) is 0.942. The van der Waals surface area contributed by atoms with Crippen molar-refractivity contribution >= 4 is 15.9 Å². The Labute approximate surface area is 113 Å². The molecule has 1 aromatic carbocycles. The molecule has 1 atom stereocenters. The molecule has 2 rings (SSSR count). The first-order chi connectivity index (χ1) is 8.56. The smallest absolute Gasteiger partial charge is 0.223 e. The van der Waals surface area contributed by atoms with Gasteiger partial charge in [-0.15, -0.1) is 0 Å². The number of aromatic nitrogens is 2. The highest BCUT2D eigenvalue weighted by Gasteiger charge is 2.12. The summed E-state index contributed by atoms with van der Waals surface area (Å²) in [6.07, 6.45) is 0. The van der Waals surface area contributed by atoms with Crippen molar-refractivity contribution in [2.75, 3.05) is 0 Å². The van der Waals surface area contributed by atoms with Crippen LogP contribution in [-0.2, 0) is 6.54 Å². The largest absolute Gasteiger partial charge is 0.340 e. The van der Waals surface area contributed by atoms with Crippen LogP contribution in [0.1, 0.15) is 30.2 Å². The molecule has 0 bridgehead atoms. The highest BCUT2D eigenvalue weighted by atomic mass is 79.9. The Bertz CT molecular complexity index is 544. The number of aryl methyl sites for hydroxylation is 1. The molecule has 0 aliphatic rings. The molecule has 0 spiro atoms. The Hall–Kier alpha value is -1.27. The van der Waals surface area contributed by atoms with Crippen LogP contribution in [0.2, 0.25) is 0 Å². The molecule has 1 unspecified atom stereocenters. The standard InChI is InChI=1S/C12H13BrFN3O/c1-7(10-5-9(13)3-4-11(10)14)15-6-12-16-8(2)18-17-12/h3-5,7,15H,6H2,1-2H3. The normalized spacial score (nSPS) is 12.7. The van der Waals surface area contributed by atoms with Crippen molar-refractivity contribution in [1.82, 2.24) is 15.5 Å². The van der Waals surface area contributed by atoms with Gasteiger partial charge in [0.05, 0.1) is 6.54 Å². The SMILES string of the molecule is Cc1nc(CNC(C)c2cc(Br)ccc2F)no1. The van der Waals surface area contributed by atoms with E-state index in [1.54, 1.807) is 19.1 Å². The average molecular weight is 314 g/mol. The number of halogens is 2. The van der Waals surface area contributed by atoms with Crippen molar-refractivity contribution in [3.63, 3.8) is 0 Å². The van der Waals surface area contributed by atoms with E-state index in [9.17, 15) is 4.39 Å². The summed E-state index contributed by atoms with van der Waals surface area (Å²) in [5, 5.41) is 6.92. The first-order valence-electron chi connectivity index (χ1n) is 5.54. The van der Waals surface area contributed by atoms with E-state index < -0.39 is 0 Å². The number of hydrogen-bond acceptors (Lipinski definition) is 4. The van der Waals surface area contributed by atoms with Gasteiger partial charge in [0, 0.05) is 23.0 Å². The van der Waals surface area contributed by atoms with Crippen molar-refractivity contribution in [2.24, 2.45) is 0 Å². The zero-order chi connectivity index (χ0) is 13.1. The maximum Gasteiger partial charge on any atom is 0.223 e. The molecule has 2 aromatic rings. The van der Waals surface area contributed by atoms with Gasteiger partial charge >= 0.3 is 0 Å². The minimum Gasteiger partial charge on any atom is -0.340 e. The Kier molecular flexibility index (Phi) is 4.08. The molecule has 0 amide bonds. The van der Waals surface area contributed by atoms with Crippen LogP contribution >= 0.6 is 15.9 Å². The van der Waals surface area contributed by atoms with Crippen LogP contribution in [-0.4, -0.2) is 10.1 Å². The Morgan fingerprint density at radius 3 is 2.94 bits per heavy atom. The fourth-order valence-corrected chi connectivity index (χ4v) is 1.99. The summed E-state index contributed by atoms with van der Waals surface area (Å²) in [6.45, 7) is 4.05. The number of nitrogens with zero attached hydrogens (tertiary/aromatic N) is 2. The number of rotatable bonds is 4. The van der Waals surface area contributed by atoms with E-state index in [4.69, 9.17) is 4.52 Å². The van der Waals surface area contributed by atoms with Gasteiger partial charge in [0.15, 0.2) is 5.82 Å². The molecule has 0 saturated carbocycles. The third-order valence-corrected chi connectivity index (χ3v) is 3.05. The van der Waals surface area contributed by atoms with Gasteiger partial charge in [-0.25, -0.2) is 4.39 Å². The molecular weight excluding hydrogens is 301 g/mol. The average Bonchev–Trinajstić information content (AvgIpc) is 2.75. The van der Waals surface area contributed by atoms with Crippen molar-refractivity contribution in [2.45, 2.75) is 26.4 Å². The van der Waals surface area contributed by atoms with Crippen LogP contribution < -0.4 is 5.32 Å². The summed E-state index contributed by atoms with van der Waals surface area (Å²) in [6, 6.07) is 4.74. The van der Waals surface area contributed by atoms with Crippen LogP contribution in [0.4, 0.5) is 4.39 Å².